The van der Waals surface area contributed by atoms with Gasteiger partial charge in [-0.3, -0.25) is 0 Å². The van der Waals surface area contributed by atoms with E-state index in [4.69, 9.17) is 5.73 Å². The van der Waals surface area contributed by atoms with Gasteiger partial charge < -0.3 is 10.3 Å². The zero-order valence-corrected chi connectivity index (χ0v) is 12.0. The lowest BCUT2D eigenvalue weighted by atomic mass is 10.0. The van der Waals surface area contributed by atoms with Crippen molar-refractivity contribution in [2.45, 2.75) is 19.0 Å². The quantitative estimate of drug-likeness (QED) is 0.781. The summed E-state index contributed by atoms with van der Waals surface area (Å²) < 4.78 is 2.14. The van der Waals surface area contributed by atoms with Crippen LogP contribution < -0.4 is 5.73 Å². The predicted octanol–water partition coefficient (Wildman–Crippen LogP) is 3.24. The normalized spacial score (nSPS) is 12.4. The summed E-state index contributed by atoms with van der Waals surface area (Å²) >= 11 is 1.76. The summed E-state index contributed by atoms with van der Waals surface area (Å²) in [5.41, 5.74) is 8.68. The molecular formula is C16H17N3S. The fraction of sp³-hybridized carbons (Fsp3) is 0.188. The Morgan fingerprint density at radius 3 is 2.75 bits per heavy atom. The highest BCUT2D eigenvalue weighted by molar-refractivity contribution is 7.09. The van der Waals surface area contributed by atoms with Crippen LogP contribution in [0.25, 0.3) is 0 Å². The van der Waals surface area contributed by atoms with Crippen molar-refractivity contribution >= 4 is 11.3 Å². The first-order chi connectivity index (χ1) is 9.83. The summed E-state index contributed by atoms with van der Waals surface area (Å²) in [5.74, 6) is 0. The Kier molecular flexibility index (Phi) is 3.95. The van der Waals surface area contributed by atoms with Gasteiger partial charge in [0.25, 0.3) is 0 Å². The topological polar surface area (TPSA) is 43.8 Å². The van der Waals surface area contributed by atoms with Crippen molar-refractivity contribution in [3.8, 4) is 0 Å². The molecule has 3 aromatic rings. The third-order valence-corrected chi connectivity index (χ3v) is 4.19. The van der Waals surface area contributed by atoms with Gasteiger partial charge in [0.1, 0.15) is 0 Å². The first-order valence-corrected chi connectivity index (χ1v) is 7.53. The average Bonchev–Trinajstić information content (AvgIpc) is 3.12. The molecule has 2 aromatic heterocycles. The standard InChI is InChI=1S/C16H17N3S/c17-15(9-13-5-2-1-3-6-13)16-10-18-12-19(16)11-14-7-4-8-20-14/h1-8,10,12,15H,9,11,17H2/t15-/m1/s1. The number of hydrogen-bond acceptors (Lipinski definition) is 3. The van der Waals surface area contributed by atoms with Crippen LogP contribution in [0, 0.1) is 0 Å². The summed E-state index contributed by atoms with van der Waals surface area (Å²) in [4.78, 5) is 5.57. The Morgan fingerprint density at radius 1 is 1.15 bits per heavy atom. The van der Waals surface area contributed by atoms with E-state index in [2.05, 4.69) is 39.2 Å². The highest BCUT2D eigenvalue weighted by atomic mass is 32.1. The van der Waals surface area contributed by atoms with E-state index in [1.165, 1.54) is 10.4 Å². The van der Waals surface area contributed by atoms with Crippen molar-refractivity contribution in [2.24, 2.45) is 5.73 Å². The molecule has 0 aliphatic rings. The van der Waals surface area contributed by atoms with Crippen molar-refractivity contribution in [2.75, 3.05) is 0 Å². The van der Waals surface area contributed by atoms with Gasteiger partial charge in [-0.2, -0.15) is 0 Å². The summed E-state index contributed by atoms with van der Waals surface area (Å²) in [6.07, 6.45) is 4.57. The molecule has 0 radical (unpaired) electrons. The van der Waals surface area contributed by atoms with Crippen LogP contribution in [-0.4, -0.2) is 9.55 Å². The first-order valence-electron chi connectivity index (χ1n) is 6.65. The maximum absolute atomic E-state index is 6.34. The Balaban J connectivity index is 1.75. The lowest BCUT2D eigenvalue weighted by Gasteiger charge is -2.14. The van der Waals surface area contributed by atoms with Gasteiger partial charge in [-0.25, -0.2) is 4.98 Å². The van der Waals surface area contributed by atoms with Crippen LogP contribution in [0.2, 0.25) is 0 Å². The van der Waals surface area contributed by atoms with Gasteiger partial charge in [0, 0.05) is 11.1 Å². The van der Waals surface area contributed by atoms with Gasteiger partial charge in [-0.15, -0.1) is 11.3 Å². The molecule has 0 bridgehead atoms. The monoisotopic (exact) mass is 283 g/mol. The summed E-state index contributed by atoms with van der Waals surface area (Å²) in [6, 6.07) is 14.5. The second-order valence-corrected chi connectivity index (χ2v) is 5.85. The molecule has 1 aromatic carbocycles. The van der Waals surface area contributed by atoms with E-state index in [9.17, 15) is 0 Å². The molecule has 0 fully saturated rings. The number of imidazole rings is 1. The van der Waals surface area contributed by atoms with E-state index in [1.54, 1.807) is 11.3 Å². The molecule has 102 valence electrons. The SMILES string of the molecule is N[C@H](Cc1ccccc1)c1cncn1Cc1cccs1. The minimum absolute atomic E-state index is 0.0279. The molecule has 3 nitrogen and oxygen atoms in total. The fourth-order valence-corrected chi connectivity index (χ4v) is 3.02. The van der Waals surface area contributed by atoms with Crippen LogP contribution in [0.3, 0.4) is 0 Å². The van der Waals surface area contributed by atoms with Crippen molar-refractivity contribution in [1.82, 2.24) is 9.55 Å². The van der Waals surface area contributed by atoms with Crippen LogP contribution in [-0.2, 0) is 13.0 Å². The van der Waals surface area contributed by atoms with Crippen LogP contribution in [0.1, 0.15) is 22.2 Å². The van der Waals surface area contributed by atoms with Crippen molar-refractivity contribution in [1.29, 1.82) is 0 Å². The van der Waals surface area contributed by atoms with Crippen molar-refractivity contribution < 1.29 is 0 Å². The minimum Gasteiger partial charge on any atom is -0.328 e. The number of nitrogens with zero attached hydrogens (tertiary/aromatic N) is 2. The molecule has 1 atom stereocenters. The molecule has 0 saturated carbocycles. The first kappa shape index (κ1) is 13.1. The molecule has 2 heterocycles. The van der Waals surface area contributed by atoms with Gasteiger partial charge in [0.15, 0.2) is 0 Å². The number of thiophene rings is 1. The van der Waals surface area contributed by atoms with Crippen LogP contribution >= 0.6 is 11.3 Å². The molecule has 3 rings (SSSR count). The Bertz CT molecular complexity index is 643. The molecular weight excluding hydrogens is 266 g/mol. The molecule has 0 aliphatic carbocycles. The number of rotatable bonds is 5. The Labute approximate surface area is 122 Å². The molecule has 0 amide bonds. The molecule has 2 N–H and O–H groups in total. The van der Waals surface area contributed by atoms with Crippen LogP contribution in [0.4, 0.5) is 0 Å². The average molecular weight is 283 g/mol. The highest BCUT2D eigenvalue weighted by Crippen LogP contribution is 2.18. The van der Waals surface area contributed by atoms with Gasteiger partial charge in [-0.1, -0.05) is 36.4 Å². The second-order valence-electron chi connectivity index (χ2n) is 4.82. The Morgan fingerprint density at radius 2 is 2.00 bits per heavy atom. The highest BCUT2D eigenvalue weighted by Gasteiger charge is 2.12. The van der Waals surface area contributed by atoms with Gasteiger partial charge in [0.2, 0.25) is 0 Å². The number of aromatic nitrogens is 2. The van der Waals surface area contributed by atoms with Gasteiger partial charge in [-0.05, 0) is 23.4 Å². The number of hydrogen-bond donors (Lipinski definition) is 1. The predicted molar refractivity (Wildman–Crippen MR) is 82.7 cm³/mol. The lowest BCUT2D eigenvalue weighted by Crippen LogP contribution is -2.17. The Hall–Kier alpha value is -1.91. The molecule has 0 saturated heterocycles. The summed E-state index contributed by atoms with van der Waals surface area (Å²) in [6.45, 7) is 0.843. The summed E-state index contributed by atoms with van der Waals surface area (Å²) in [5, 5.41) is 2.09. The third kappa shape index (κ3) is 2.98. The van der Waals surface area contributed by atoms with Crippen molar-refractivity contribution in [3.63, 3.8) is 0 Å². The van der Waals surface area contributed by atoms with E-state index < -0.39 is 0 Å². The maximum Gasteiger partial charge on any atom is 0.0952 e. The lowest BCUT2D eigenvalue weighted by molar-refractivity contribution is 0.634. The molecule has 4 heteroatoms. The smallest absolute Gasteiger partial charge is 0.0952 e. The summed E-state index contributed by atoms with van der Waals surface area (Å²) in [7, 11) is 0. The van der Waals surface area contributed by atoms with Gasteiger partial charge >= 0.3 is 0 Å². The maximum atomic E-state index is 6.34. The molecule has 0 unspecified atom stereocenters. The molecule has 0 spiro atoms. The largest absolute Gasteiger partial charge is 0.328 e. The van der Waals surface area contributed by atoms with E-state index in [0.29, 0.717) is 0 Å². The fourth-order valence-electron chi connectivity index (χ4n) is 2.31. The minimum atomic E-state index is -0.0279. The number of benzene rings is 1. The van der Waals surface area contributed by atoms with Gasteiger partial charge in [0.05, 0.1) is 24.6 Å². The van der Waals surface area contributed by atoms with E-state index in [1.807, 2.05) is 30.7 Å². The third-order valence-electron chi connectivity index (χ3n) is 3.33. The van der Waals surface area contributed by atoms with Crippen LogP contribution in [0.15, 0.2) is 60.4 Å². The van der Waals surface area contributed by atoms with Crippen molar-refractivity contribution in [3.05, 3.63) is 76.5 Å². The van der Waals surface area contributed by atoms with Crippen LogP contribution in [0.5, 0.6) is 0 Å². The second kappa shape index (κ2) is 6.03. The molecule has 0 aliphatic heterocycles. The molecule has 20 heavy (non-hydrogen) atoms. The zero-order valence-electron chi connectivity index (χ0n) is 11.1. The number of nitrogens with two attached hydrogens (primary N) is 1. The van der Waals surface area contributed by atoms with E-state index in [-0.39, 0.29) is 6.04 Å². The zero-order chi connectivity index (χ0) is 13.8. The van der Waals surface area contributed by atoms with E-state index >= 15 is 0 Å². The van der Waals surface area contributed by atoms with E-state index in [0.717, 1.165) is 18.7 Å².